The van der Waals surface area contributed by atoms with E-state index in [1.165, 1.54) is 30.3 Å². The van der Waals surface area contributed by atoms with Crippen molar-refractivity contribution in [2.45, 2.75) is 11.3 Å². The van der Waals surface area contributed by atoms with Crippen LogP contribution >= 0.6 is 0 Å². The second kappa shape index (κ2) is 7.82. The fraction of sp³-hybridized carbons (Fsp3) is 0.0952. The molecule has 0 aliphatic carbocycles. The number of nitrogen functional groups attached to an aromatic ring is 1. The van der Waals surface area contributed by atoms with Crippen molar-refractivity contribution in [3.05, 3.63) is 71.8 Å². The van der Waals surface area contributed by atoms with Gasteiger partial charge in [0.25, 0.3) is 21.8 Å². The third-order valence-corrected chi connectivity index (χ3v) is 6.16. The topological polar surface area (TPSA) is 139 Å². The summed E-state index contributed by atoms with van der Waals surface area (Å²) >= 11 is 0. The zero-order valence-electron chi connectivity index (χ0n) is 16.2. The van der Waals surface area contributed by atoms with Gasteiger partial charge >= 0.3 is 0 Å². The van der Waals surface area contributed by atoms with E-state index >= 15 is 0 Å². The third-order valence-electron chi connectivity index (χ3n) is 4.91. The van der Waals surface area contributed by atoms with E-state index in [9.17, 15) is 22.8 Å². The Morgan fingerprint density at radius 3 is 2.39 bits per heavy atom. The number of nitrogens with zero attached hydrogens (tertiary/aromatic N) is 1. The average Bonchev–Trinajstić information content (AvgIpc) is 2.99. The molecule has 0 bridgehead atoms. The predicted octanol–water partition coefficient (Wildman–Crippen LogP) is 1.42. The van der Waals surface area contributed by atoms with E-state index in [1.807, 2.05) is 17.0 Å². The van der Waals surface area contributed by atoms with Crippen molar-refractivity contribution in [2.24, 2.45) is 0 Å². The van der Waals surface area contributed by atoms with Crippen molar-refractivity contribution in [1.82, 2.24) is 15.2 Å². The number of anilines is 1. The molecule has 0 unspecified atom stereocenters. The third kappa shape index (κ3) is 3.98. The largest absolute Gasteiger partial charge is 0.399 e. The van der Waals surface area contributed by atoms with Crippen molar-refractivity contribution < 1.29 is 22.8 Å². The van der Waals surface area contributed by atoms with Crippen LogP contribution in [0.25, 0.3) is 10.8 Å². The summed E-state index contributed by atoms with van der Waals surface area (Å²) in [4.78, 5) is 39.8. The minimum atomic E-state index is -4.00. The molecular weight excluding hydrogens is 420 g/mol. The molecule has 0 spiro atoms. The van der Waals surface area contributed by atoms with E-state index in [2.05, 4.69) is 5.43 Å². The maximum Gasteiger partial charge on any atom is 0.261 e. The van der Waals surface area contributed by atoms with Crippen molar-refractivity contribution in [2.75, 3.05) is 12.3 Å². The Balaban J connectivity index is 1.37. The van der Waals surface area contributed by atoms with Gasteiger partial charge in [0.05, 0.1) is 16.0 Å². The fourth-order valence-electron chi connectivity index (χ4n) is 3.30. The summed E-state index contributed by atoms with van der Waals surface area (Å²) in [5, 5.41) is 1.62. The molecule has 1 heterocycles. The van der Waals surface area contributed by atoms with Crippen LogP contribution in [-0.4, -0.2) is 37.6 Å². The van der Waals surface area contributed by atoms with Crippen LogP contribution in [-0.2, 0) is 14.8 Å². The number of sulfonamides is 1. The second-order valence-electron chi connectivity index (χ2n) is 6.98. The van der Waals surface area contributed by atoms with Crippen molar-refractivity contribution in [1.29, 1.82) is 0 Å². The molecule has 4 rings (SSSR count). The Kier molecular flexibility index (Phi) is 5.17. The normalized spacial score (nSPS) is 13.5. The number of carbonyl (C=O) groups is 3. The molecule has 0 saturated heterocycles. The highest BCUT2D eigenvalue weighted by Gasteiger charge is 2.35. The highest BCUT2D eigenvalue weighted by molar-refractivity contribution is 7.89. The van der Waals surface area contributed by atoms with E-state index in [-0.39, 0.29) is 29.0 Å². The van der Waals surface area contributed by atoms with E-state index in [1.54, 1.807) is 18.2 Å². The van der Waals surface area contributed by atoms with Crippen molar-refractivity contribution in [3.63, 3.8) is 0 Å². The maximum absolute atomic E-state index is 12.5. The number of hydrazine groups is 1. The predicted molar refractivity (Wildman–Crippen MR) is 113 cm³/mol. The van der Waals surface area contributed by atoms with E-state index in [0.29, 0.717) is 5.69 Å². The van der Waals surface area contributed by atoms with Crippen LogP contribution in [0.2, 0.25) is 0 Å². The SMILES string of the molecule is Nc1ccc2c(c1)C(=O)N(CCC(=O)NNS(=O)(=O)c1ccc3ccccc3c1)C2=O. The molecular formula is C21H18N4O5S. The molecule has 0 atom stereocenters. The number of nitrogens with one attached hydrogen (secondary N) is 2. The quantitative estimate of drug-likeness (QED) is 0.302. The first-order valence-electron chi connectivity index (χ1n) is 9.31. The second-order valence-corrected chi connectivity index (χ2v) is 8.66. The van der Waals surface area contributed by atoms with E-state index in [0.717, 1.165) is 15.7 Å². The summed E-state index contributed by atoms with van der Waals surface area (Å²) in [5.41, 5.74) is 8.51. The first-order chi connectivity index (χ1) is 14.8. The number of rotatable bonds is 6. The summed E-state index contributed by atoms with van der Waals surface area (Å²) in [6, 6.07) is 16.3. The van der Waals surface area contributed by atoms with Crippen molar-refractivity contribution in [3.8, 4) is 0 Å². The average molecular weight is 438 g/mol. The number of fused-ring (bicyclic) bond motifs is 2. The first-order valence-corrected chi connectivity index (χ1v) is 10.8. The minimum absolute atomic E-state index is 0.00978. The standard InChI is InChI=1S/C21H18N4O5S/c22-15-6-8-17-18(12-15)21(28)25(20(17)27)10-9-19(26)23-24-31(29,30)16-7-5-13-3-1-2-4-14(13)11-16/h1-8,11-12,24H,9-10,22H2,(H,23,26). The van der Waals surface area contributed by atoms with Gasteiger partial charge in [-0.2, -0.15) is 0 Å². The summed E-state index contributed by atoms with van der Waals surface area (Å²) in [6.45, 7) is -0.199. The van der Waals surface area contributed by atoms with E-state index < -0.39 is 27.7 Å². The number of imide groups is 1. The van der Waals surface area contributed by atoms with Crippen molar-refractivity contribution >= 4 is 44.2 Å². The monoisotopic (exact) mass is 438 g/mol. The van der Waals surface area contributed by atoms with Crippen LogP contribution in [0, 0.1) is 0 Å². The molecule has 31 heavy (non-hydrogen) atoms. The number of benzene rings is 3. The zero-order valence-corrected chi connectivity index (χ0v) is 17.0. The zero-order chi connectivity index (χ0) is 22.2. The van der Waals surface area contributed by atoms with Gasteiger partial charge in [0.1, 0.15) is 0 Å². The Bertz CT molecular complexity index is 1340. The lowest BCUT2D eigenvalue weighted by molar-refractivity contribution is -0.121. The van der Waals surface area contributed by atoms with Gasteiger partial charge in [-0.1, -0.05) is 30.3 Å². The van der Waals surface area contributed by atoms with Crippen LogP contribution in [0.5, 0.6) is 0 Å². The van der Waals surface area contributed by atoms with Gasteiger partial charge in [-0.05, 0) is 41.1 Å². The van der Waals surface area contributed by atoms with Gasteiger partial charge in [-0.3, -0.25) is 24.7 Å². The lowest BCUT2D eigenvalue weighted by Crippen LogP contribution is -2.43. The summed E-state index contributed by atoms with van der Waals surface area (Å²) < 4.78 is 24.9. The van der Waals surface area contributed by atoms with Gasteiger partial charge in [-0.15, -0.1) is 4.83 Å². The molecule has 0 fully saturated rings. The van der Waals surface area contributed by atoms with E-state index in [4.69, 9.17) is 5.73 Å². The van der Waals surface area contributed by atoms with Gasteiger partial charge in [-0.25, -0.2) is 8.42 Å². The molecule has 158 valence electrons. The summed E-state index contributed by atoms with van der Waals surface area (Å²) in [6.07, 6.45) is -0.277. The van der Waals surface area contributed by atoms with Gasteiger partial charge in [0, 0.05) is 18.7 Å². The molecule has 0 aromatic heterocycles. The molecule has 10 heteroatoms. The number of hydrogen-bond acceptors (Lipinski definition) is 6. The lowest BCUT2D eigenvalue weighted by atomic mass is 10.1. The van der Waals surface area contributed by atoms with Gasteiger partial charge in [0.2, 0.25) is 5.91 Å². The Morgan fingerprint density at radius 2 is 1.61 bits per heavy atom. The Labute approximate surface area is 177 Å². The van der Waals surface area contributed by atoms with Crippen LogP contribution in [0.15, 0.2) is 65.6 Å². The molecule has 3 aromatic carbocycles. The number of hydrogen-bond donors (Lipinski definition) is 3. The highest BCUT2D eigenvalue weighted by Crippen LogP contribution is 2.25. The first kappa shape index (κ1) is 20.5. The molecule has 3 aromatic rings. The lowest BCUT2D eigenvalue weighted by Gasteiger charge is -2.14. The molecule has 1 aliphatic heterocycles. The number of nitrogens with two attached hydrogens (primary N) is 1. The molecule has 9 nitrogen and oxygen atoms in total. The van der Waals surface area contributed by atoms with Gasteiger partial charge in [0.15, 0.2) is 0 Å². The summed E-state index contributed by atoms with van der Waals surface area (Å²) in [7, 11) is -4.00. The van der Waals surface area contributed by atoms with Gasteiger partial charge < -0.3 is 5.73 Å². The molecule has 0 saturated carbocycles. The summed E-state index contributed by atoms with van der Waals surface area (Å²) in [5.74, 6) is -1.76. The van der Waals surface area contributed by atoms with Crippen LogP contribution < -0.4 is 16.0 Å². The maximum atomic E-state index is 12.5. The number of amides is 3. The minimum Gasteiger partial charge on any atom is -0.399 e. The van der Waals surface area contributed by atoms with Crippen LogP contribution in [0.4, 0.5) is 5.69 Å². The Morgan fingerprint density at radius 1 is 0.903 bits per heavy atom. The van der Waals surface area contributed by atoms with Crippen LogP contribution in [0.3, 0.4) is 0 Å². The molecule has 1 aliphatic rings. The molecule has 4 N–H and O–H groups in total. The Hall–Kier alpha value is -3.76. The molecule has 0 radical (unpaired) electrons. The number of carbonyl (C=O) groups excluding carboxylic acids is 3. The fourth-order valence-corrected chi connectivity index (χ4v) is 4.20. The smallest absolute Gasteiger partial charge is 0.261 e. The van der Waals surface area contributed by atoms with Crippen LogP contribution in [0.1, 0.15) is 27.1 Å². The highest BCUT2D eigenvalue weighted by atomic mass is 32.2. The molecule has 3 amide bonds.